The average Bonchev–Trinajstić information content (AvgIpc) is 2.72. The molecule has 1 unspecified atom stereocenters. The summed E-state index contributed by atoms with van der Waals surface area (Å²) in [6, 6.07) is 12.7. The quantitative estimate of drug-likeness (QED) is 0.359. The zero-order valence-corrected chi connectivity index (χ0v) is 18.2. The molecular weight excluding hydrogens is 426 g/mol. The Labute approximate surface area is 181 Å². The summed E-state index contributed by atoms with van der Waals surface area (Å²) in [5, 5.41) is 0.515. The lowest BCUT2D eigenvalue weighted by Gasteiger charge is -2.29. The molecule has 0 aliphatic carbocycles. The molecule has 0 aliphatic heterocycles. The van der Waals surface area contributed by atoms with Crippen molar-refractivity contribution in [1.29, 1.82) is 0 Å². The standard InChI is InChI=1S/C22H22ClNO5S/c1-4-29-21(26)22(17(3)15-25,14-13-18-7-9-19(23)10-8-18)24-30(27,28)20-11-5-16(2)6-12-20/h5-15,24H,3-4H2,1-2H3/b14-13+. The summed E-state index contributed by atoms with van der Waals surface area (Å²) >= 11 is 5.88. The maximum Gasteiger partial charge on any atom is 0.336 e. The fraction of sp³-hybridized carbons (Fsp3) is 0.182. The van der Waals surface area contributed by atoms with Crippen molar-refractivity contribution in [2.75, 3.05) is 6.61 Å². The highest BCUT2D eigenvalue weighted by molar-refractivity contribution is 7.89. The van der Waals surface area contributed by atoms with Gasteiger partial charge in [0.25, 0.3) is 0 Å². The first-order chi connectivity index (χ1) is 14.1. The summed E-state index contributed by atoms with van der Waals surface area (Å²) in [4.78, 5) is 24.4. The van der Waals surface area contributed by atoms with Crippen LogP contribution in [0.4, 0.5) is 0 Å². The average molecular weight is 448 g/mol. The third-order valence-electron chi connectivity index (χ3n) is 4.27. The van der Waals surface area contributed by atoms with Gasteiger partial charge in [0.05, 0.1) is 11.5 Å². The van der Waals surface area contributed by atoms with Crippen molar-refractivity contribution in [2.45, 2.75) is 24.3 Å². The molecule has 0 spiro atoms. The number of hydrogen-bond donors (Lipinski definition) is 1. The number of aryl methyl sites for hydroxylation is 1. The summed E-state index contributed by atoms with van der Waals surface area (Å²) in [5.41, 5.74) is -0.949. The maximum atomic E-state index is 13.0. The smallest absolute Gasteiger partial charge is 0.336 e. The van der Waals surface area contributed by atoms with Crippen molar-refractivity contribution in [3.63, 3.8) is 0 Å². The first kappa shape index (κ1) is 23.5. The number of carbonyl (C=O) groups excluding carboxylic acids is 2. The lowest BCUT2D eigenvalue weighted by Crippen LogP contribution is -2.55. The van der Waals surface area contributed by atoms with E-state index in [0.29, 0.717) is 16.9 Å². The number of hydrogen-bond acceptors (Lipinski definition) is 5. The molecule has 2 rings (SSSR count). The van der Waals surface area contributed by atoms with Crippen molar-refractivity contribution >= 4 is 40.0 Å². The van der Waals surface area contributed by atoms with Crippen LogP contribution in [0.15, 0.2) is 71.7 Å². The van der Waals surface area contributed by atoms with Crippen LogP contribution in [-0.4, -0.2) is 32.8 Å². The Bertz CT molecular complexity index is 1060. The molecule has 0 radical (unpaired) electrons. The maximum absolute atomic E-state index is 13.0. The molecule has 158 valence electrons. The molecule has 0 aliphatic rings. The minimum absolute atomic E-state index is 0.0201. The largest absolute Gasteiger partial charge is 0.464 e. The molecule has 0 amide bonds. The Morgan fingerprint density at radius 3 is 2.30 bits per heavy atom. The van der Waals surface area contributed by atoms with Gasteiger partial charge >= 0.3 is 5.97 Å². The van der Waals surface area contributed by atoms with Crippen molar-refractivity contribution in [3.8, 4) is 0 Å². The van der Waals surface area contributed by atoms with Crippen molar-refractivity contribution < 1.29 is 22.7 Å². The Kier molecular flexibility index (Phi) is 7.72. The van der Waals surface area contributed by atoms with Crippen LogP contribution < -0.4 is 4.72 Å². The monoisotopic (exact) mass is 447 g/mol. The summed E-state index contributed by atoms with van der Waals surface area (Å²) in [6.45, 7) is 6.97. The second kappa shape index (κ2) is 9.84. The van der Waals surface area contributed by atoms with E-state index in [2.05, 4.69) is 11.3 Å². The van der Waals surface area contributed by atoms with Crippen LogP contribution in [0.2, 0.25) is 5.02 Å². The van der Waals surface area contributed by atoms with E-state index in [1.165, 1.54) is 24.3 Å². The van der Waals surface area contributed by atoms with Gasteiger partial charge in [0.15, 0.2) is 5.54 Å². The van der Waals surface area contributed by atoms with E-state index >= 15 is 0 Å². The summed E-state index contributed by atoms with van der Waals surface area (Å²) in [5.74, 6) is -0.969. The molecule has 2 aromatic rings. The van der Waals surface area contributed by atoms with Gasteiger partial charge in [-0.3, -0.25) is 4.79 Å². The van der Waals surface area contributed by atoms with Gasteiger partial charge < -0.3 is 4.74 Å². The number of benzene rings is 2. The Morgan fingerprint density at radius 2 is 1.77 bits per heavy atom. The summed E-state index contributed by atoms with van der Waals surface area (Å²) < 4.78 is 33.4. The van der Waals surface area contributed by atoms with E-state index in [0.717, 1.165) is 5.56 Å². The van der Waals surface area contributed by atoms with Crippen molar-refractivity contribution in [3.05, 3.63) is 82.9 Å². The topological polar surface area (TPSA) is 89.5 Å². The van der Waals surface area contributed by atoms with E-state index in [4.69, 9.17) is 16.3 Å². The van der Waals surface area contributed by atoms with Gasteiger partial charge in [0.1, 0.15) is 6.29 Å². The first-order valence-electron chi connectivity index (χ1n) is 9.02. The first-order valence-corrected chi connectivity index (χ1v) is 10.9. The van der Waals surface area contributed by atoms with Gasteiger partial charge in [0.2, 0.25) is 10.0 Å². The van der Waals surface area contributed by atoms with Crippen LogP contribution in [0.25, 0.3) is 6.08 Å². The van der Waals surface area contributed by atoms with Gasteiger partial charge in [-0.05, 0) is 49.8 Å². The van der Waals surface area contributed by atoms with E-state index in [9.17, 15) is 18.0 Å². The number of sulfonamides is 1. The fourth-order valence-electron chi connectivity index (χ4n) is 2.57. The van der Waals surface area contributed by atoms with E-state index in [1.54, 1.807) is 43.3 Å². The molecule has 0 heterocycles. The van der Waals surface area contributed by atoms with Crippen LogP contribution >= 0.6 is 11.6 Å². The number of esters is 1. The minimum atomic E-state index is -4.21. The van der Waals surface area contributed by atoms with E-state index in [1.807, 2.05) is 6.92 Å². The molecule has 1 N–H and O–H groups in total. The molecule has 2 aromatic carbocycles. The molecule has 0 bridgehead atoms. The van der Waals surface area contributed by atoms with Crippen molar-refractivity contribution in [1.82, 2.24) is 4.72 Å². The van der Waals surface area contributed by atoms with Crippen LogP contribution in [-0.2, 0) is 24.3 Å². The van der Waals surface area contributed by atoms with Crippen LogP contribution in [0.5, 0.6) is 0 Å². The molecule has 0 saturated carbocycles. The highest BCUT2D eigenvalue weighted by atomic mass is 35.5. The molecule has 6 nitrogen and oxygen atoms in total. The number of nitrogens with one attached hydrogen (secondary N) is 1. The van der Waals surface area contributed by atoms with Crippen LogP contribution in [0, 0.1) is 6.92 Å². The SMILES string of the molecule is C=C(C=O)C(/C=C/c1ccc(Cl)cc1)(NS(=O)(=O)c1ccc(C)cc1)C(=O)OCC. The normalized spacial score (nSPS) is 13.6. The molecule has 30 heavy (non-hydrogen) atoms. The number of halogens is 1. The lowest BCUT2D eigenvalue weighted by molar-refractivity contribution is -0.147. The number of ether oxygens (including phenoxy) is 1. The summed E-state index contributed by atoms with van der Waals surface area (Å²) in [6.07, 6.45) is 3.05. The van der Waals surface area contributed by atoms with Gasteiger partial charge in [-0.1, -0.05) is 54.1 Å². The van der Waals surface area contributed by atoms with Gasteiger partial charge in [-0.25, -0.2) is 13.2 Å². The lowest BCUT2D eigenvalue weighted by atomic mass is 9.91. The highest BCUT2D eigenvalue weighted by Crippen LogP contribution is 2.24. The highest BCUT2D eigenvalue weighted by Gasteiger charge is 2.44. The van der Waals surface area contributed by atoms with Gasteiger partial charge in [-0.2, -0.15) is 4.72 Å². The van der Waals surface area contributed by atoms with Crippen LogP contribution in [0.3, 0.4) is 0 Å². The summed E-state index contributed by atoms with van der Waals surface area (Å²) in [7, 11) is -4.21. The number of rotatable bonds is 9. The Morgan fingerprint density at radius 1 is 1.17 bits per heavy atom. The molecule has 0 aromatic heterocycles. The predicted molar refractivity (Wildman–Crippen MR) is 117 cm³/mol. The second-order valence-corrected chi connectivity index (χ2v) is 8.59. The van der Waals surface area contributed by atoms with Crippen molar-refractivity contribution in [2.24, 2.45) is 0 Å². The zero-order valence-electron chi connectivity index (χ0n) is 16.6. The Balaban J connectivity index is 2.59. The third kappa shape index (κ3) is 5.44. The van der Waals surface area contributed by atoms with E-state index < -0.39 is 21.5 Å². The second-order valence-electron chi connectivity index (χ2n) is 6.48. The fourth-order valence-corrected chi connectivity index (χ4v) is 4.01. The van der Waals surface area contributed by atoms with Gasteiger partial charge in [0, 0.05) is 10.6 Å². The van der Waals surface area contributed by atoms with Crippen LogP contribution in [0.1, 0.15) is 18.1 Å². The van der Waals surface area contributed by atoms with E-state index in [-0.39, 0.29) is 17.1 Å². The molecule has 1 atom stereocenters. The predicted octanol–water partition coefficient (Wildman–Crippen LogP) is 3.70. The molecule has 8 heteroatoms. The molecule has 0 saturated heterocycles. The minimum Gasteiger partial charge on any atom is -0.464 e. The third-order valence-corrected chi connectivity index (χ3v) is 6.00. The Hall–Kier alpha value is -2.74. The zero-order chi connectivity index (χ0) is 22.4. The van der Waals surface area contributed by atoms with Gasteiger partial charge in [-0.15, -0.1) is 0 Å². The number of carbonyl (C=O) groups is 2. The molecular formula is C22H22ClNO5S. The molecule has 0 fully saturated rings. The number of aldehydes is 1.